The first-order chi connectivity index (χ1) is 10.0. The fraction of sp³-hybridized carbons (Fsp3) is 0.267. The quantitative estimate of drug-likeness (QED) is 0.860. The highest BCUT2D eigenvalue weighted by atomic mass is 32.2. The largest absolute Gasteiger partial charge is 0.379 e. The topological polar surface area (TPSA) is 71.1 Å². The van der Waals surface area contributed by atoms with Gasteiger partial charge in [-0.3, -0.25) is 4.98 Å². The van der Waals surface area contributed by atoms with Crippen LogP contribution in [0.5, 0.6) is 0 Å². The Bertz CT molecular complexity index is 670. The Morgan fingerprint density at radius 3 is 2.29 bits per heavy atom. The molecule has 112 valence electrons. The van der Waals surface area contributed by atoms with Crippen molar-refractivity contribution in [2.45, 2.75) is 24.8 Å². The summed E-state index contributed by atoms with van der Waals surface area (Å²) in [6.45, 7) is 4.17. The molecule has 2 rings (SSSR count). The predicted molar refractivity (Wildman–Crippen MR) is 83.6 cm³/mol. The van der Waals surface area contributed by atoms with E-state index in [1.54, 1.807) is 43.6 Å². The summed E-state index contributed by atoms with van der Waals surface area (Å²) in [5.74, 6) is 0. The molecule has 2 aromatic rings. The number of rotatable bonds is 6. The number of nitrogens with zero attached hydrogens (tertiary/aromatic N) is 1. The molecule has 0 radical (unpaired) electrons. The van der Waals surface area contributed by atoms with Gasteiger partial charge in [0.15, 0.2) is 0 Å². The molecule has 0 aliphatic rings. The van der Waals surface area contributed by atoms with E-state index >= 15 is 0 Å². The monoisotopic (exact) mass is 305 g/mol. The maximum Gasteiger partial charge on any atom is 0.240 e. The van der Waals surface area contributed by atoms with E-state index < -0.39 is 10.0 Å². The zero-order valence-electron chi connectivity index (χ0n) is 12.1. The molecule has 2 N–H and O–H groups in total. The van der Waals surface area contributed by atoms with Crippen molar-refractivity contribution in [3.05, 3.63) is 54.4 Å². The van der Waals surface area contributed by atoms with Gasteiger partial charge in [0.1, 0.15) is 0 Å². The lowest BCUT2D eigenvalue weighted by molar-refractivity contribution is 0.584. The molecule has 0 spiro atoms. The third kappa shape index (κ3) is 4.03. The maximum atomic E-state index is 11.8. The molecular formula is C15H19N3O2S. The van der Waals surface area contributed by atoms with Gasteiger partial charge < -0.3 is 5.32 Å². The molecule has 0 aliphatic heterocycles. The summed E-state index contributed by atoms with van der Waals surface area (Å²) in [4.78, 5) is 4.26. The number of pyridine rings is 1. The van der Waals surface area contributed by atoms with Crippen LogP contribution in [0.2, 0.25) is 0 Å². The van der Waals surface area contributed by atoms with E-state index in [0.29, 0.717) is 6.54 Å². The van der Waals surface area contributed by atoms with E-state index in [2.05, 4.69) is 15.0 Å². The molecule has 1 heterocycles. The molecule has 21 heavy (non-hydrogen) atoms. The summed E-state index contributed by atoms with van der Waals surface area (Å²) in [5, 5.41) is 3.33. The Balaban J connectivity index is 2.10. The van der Waals surface area contributed by atoms with E-state index in [-0.39, 0.29) is 10.9 Å². The van der Waals surface area contributed by atoms with Gasteiger partial charge in [-0.05, 0) is 48.9 Å². The lowest BCUT2D eigenvalue weighted by atomic mass is 10.1. The van der Waals surface area contributed by atoms with Gasteiger partial charge in [0.05, 0.1) is 4.90 Å². The van der Waals surface area contributed by atoms with E-state index in [0.717, 1.165) is 11.3 Å². The average Bonchev–Trinajstić information content (AvgIpc) is 2.48. The van der Waals surface area contributed by atoms with Crippen molar-refractivity contribution in [3.63, 3.8) is 0 Å². The lowest BCUT2D eigenvalue weighted by Crippen LogP contribution is -2.23. The van der Waals surface area contributed by atoms with Crippen LogP contribution >= 0.6 is 0 Å². The number of anilines is 1. The van der Waals surface area contributed by atoms with Crippen molar-refractivity contribution in [2.24, 2.45) is 0 Å². The van der Waals surface area contributed by atoms with E-state index in [9.17, 15) is 8.42 Å². The highest BCUT2D eigenvalue weighted by molar-refractivity contribution is 7.89. The zero-order chi connectivity index (χ0) is 15.3. The molecule has 1 aromatic carbocycles. The second-order valence-electron chi connectivity index (χ2n) is 4.67. The number of aromatic nitrogens is 1. The third-order valence-corrected chi connectivity index (χ3v) is 4.65. The smallest absolute Gasteiger partial charge is 0.240 e. The van der Waals surface area contributed by atoms with Gasteiger partial charge in [0.2, 0.25) is 10.0 Å². The Labute approximate surface area is 125 Å². The van der Waals surface area contributed by atoms with Gasteiger partial charge in [-0.2, -0.15) is 0 Å². The fourth-order valence-corrected chi connectivity index (χ4v) is 3.03. The molecule has 0 fully saturated rings. The Morgan fingerprint density at radius 2 is 1.71 bits per heavy atom. The summed E-state index contributed by atoms with van der Waals surface area (Å²) in [7, 11) is -3.39. The Morgan fingerprint density at radius 1 is 1.10 bits per heavy atom. The van der Waals surface area contributed by atoms with Crippen LogP contribution in [0.3, 0.4) is 0 Å². The minimum absolute atomic E-state index is 0.115. The van der Waals surface area contributed by atoms with Gasteiger partial charge in [0.25, 0.3) is 0 Å². The van der Waals surface area contributed by atoms with Crippen LogP contribution in [0.15, 0.2) is 53.7 Å². The Kier molecular flexibility index (Phi) is 4.93. The number of hydrogen-bond acceptors (Lipinski definition) is 4. The molecule has 0 amide bonds. The van der Waals surface area contributed by atoms with Gasteiger partial charge in [0, 0.05) is 30.7 Å². The van der Waals surface area contributed by atoms with Gasteiger partial charge in [-0.25, -0.2) is 13.1 Å². The maximum absolute atomic E-state index is 11.8. The third-order valence-electron chi connectivity index (χ3n) is 3.09. The second kappa shape index (κ2) is 6.69. The summed E-state index contributed by atoms with van der Waals surface area (Å²) < 4.78 is 26.2. The Hall–Kier alpha value is -1.92. The van der Waals surface area contributed by atoms with Crippen molar-refractivity contribution in [1.82, 2.24) is 9.71 Å². The van der Waals surface area contributed by atoms with Crippen LogP contribution in [0, 0.1) is 0 Å². The molecule has 5 nitrogen and oxygen atoms in total. The highest BCUT2D eigenvalue weighted by Crippen LogP contribution is 2.20. The molecule has 0 bridgehead atoms. The van der Waals surface area contributed by atoms with Gasteiger partial charge in [-0.15, -0.1) is 0 Å². The number of sulfonamides is 1. The molecule has 6 heteroatoms. The molecule has 1 atom stereocenters. The van der Waals surface area contributed by atoms with Gasteiger partial charge in [-0.1, -0.05) is 6.92 Å². The van der Waals surface area contributed by atoms with E-state index in [4.69, 9.17) is 0 Å². The summed E-state index contributed by atoms with van der Waals surface area (Å²) in [6, 6.07) is 10.7. The minimum atomic E-state index is -3.39. The van der Waals surface area contributed by atoms with Crippen LogP contribution in [0.4, 0.5) is 5.69 Å². The van der Waals surface area contributed by atoms with E-state index in [1.807, 2.05) is 19.1 Å². The molecule has 0 saturated heterocycles. The van der Waals surface area contributed by atoms with Gasteiger partial charge >= 0.3 is 0 Å². The molecule has 1 aromatic heterocycles. The normalized spacial score (nSPS) is 12.9. The van der Waals surface area contributed by atoms with Crippen LogP contribution in [-0.4, -0.2) is 19.9 Å². The SMILES string of the molecule is CCNS(=O)(=O)c1ccc(NC(C)c2ccncc2)cc1. The van der Waals surface area contributed by atoms with E-state index in [1.165, 1.54) is 0 Å². The van der Waals surface area contributed by atoms with Crippen molar-refractivity contribution in [2.75, 3.05) is 11.9 Å². The number of hydrogen-bond donors (Lipinski definition) is 2. The predicted octanol–water partition coefficient (Wildman–Crippen LogP) is 2.55. The standard InChI is InChI=1S/C15H19N3O2S/c1-3-17-21(19,20)15-6-4-14(5-7-15)18-12(2)13-8-10-16-11-9-13/h4-12,17-18H,3H2,1-2H3. The van der Waals surface area contributed by atoms with Crippen molar-refractivity contribution in [1.29, 1.82) is 0 Å². The first kappa shape index (κ1) is 15.5. The van der Waals surface area contributed by atoms with Crippen molar-refractivity contribution >= 4 is 15.7 Å². The molecule has 1 unspecified atom stereocenters. The fourth-order valence-electron chi connectivity index (χ4n) is 1.99. The van der Waals surface area contributed by atoms with Crippen LogP contribution in [-0.2, 0) is 10.0 Å². The average molecular weight is 305 g/mol. The lowest BCUT2D eigenvalue weighted by Gasteiger charge is -2.15. The van der Waals surface area contributed by atoms with Crippen LogP contribution in [0.1, 0.15) is 25.5 Å². The van der Waals surface area contributed by atoms with Crippen LogP contribution < -0.4 is 10.0 Å². The molecule has 0 aliphatic carbocycles. The number of benzene rings is 1. The first-order valence-corrected chi connectivity index (χ1v) is 8.27. The van der Waals surface area contributed by atoms with Crippen LogP contribution in [0.25, 0.3) is 0 Å². The summed E-state index contributed by atoms with van der Waals surface area (Å²) >= 11 is 0. The summed E-state index contributed by atoms with van der Waals surface area (Å²) in [5.41, 5.74) is 1.99. The zero-order valence-corrected chi connectivity index (χ0v) is 12.9. The minimum Gasteiger partial charge on any atom is -0.379 e. The molecular weight excluding hydrogens is 286 g/mol. The first-order valence-electron chi connectivity index (χ1n) is 6.79. The van der Waals surface area contributed by atoms with Crippen molar-refractivity contribution < 1.29 is 8.42 Å². The van der Waals surface area contributed by atoms with Crippen molar-refractivity contribution in [3.8, 4) is 0 Å². The highest BCUT2D eigenvalue weighted by Gasteiger charge is 2.12. The second-order valence-corrected chi connectivity index (χ2v) is 6.44. The summed E-state index contributed by atoms with van der Waals surface area (Å²) in [6.07, 6.45) is 3.50. The number of nitrogens with one attached hydrogen (secondary N) is 2. The molecule has 0 saturated carbocycles.